The summed E-state index contributed by atoms with van der Waals surface area (Å²) in [5.41, 5.74) is 0.698. The highest BCUT2D eigenvalue weighted by Gasteiger charge is 2.40. The largest absolute Gasteiger partial charge is 0.494 e. The Morgan fingerprint density at radius 2 is 1.61 bits per heavy atom. The first-order valence-electron chi connectivity index (χ1n) is 25.0. The number of aliphatic hydroxyl groups excluding tert-OH is 1. The molecule has 0 spiro atoms. The first-order chi connectivity index (χ1) is 36.2. The van der Waals surface area contributed by atoms with Crippen molar-refractivity contribution in [3.05, 3.63) is 59.8 Å². The van der Waals surface area contributed by atoms with Gasteiger partial charge in [-0.15, -0.1) is 10.5 Å². The molecule has 5 rings (SSSR count). The zero-order valence-corrected chi connectivity index (χ0v) is 44.5. The molecule has 418 valence electrons. The molecule has 4 atom stereocenters. The lowest BCUT2D eigenvalue weighted by Crippen LogP contribution is -2.58. The number of nitrogens with zero attached hydrogens (tertiary/aromatic N) is 3. The number of ether oxygens (including phenoxy) is 6. The minimum Gasteiger partial charge on any atom is -0.494 e. The molecule has 25 heteroatoms. The van der Waals surface area contributed by atoms with Gasteiger partial charge in [-0.2, -0.15) is 0 Å². The van der Waals surface area contributed by atoms with Gasteiger partial charge in [0.25, 0.3) is 0 Å². The van der Waals surface area contributed by atoms with Crippen molar-refractivity contribution in [1.82, 2.24) is 36.1 Å². The van der Waals surface area contributed by atoms with E-state index in [9.17, 15) is 43.4 Å². The van der Waals surface area contributed by atoms with Crippen molar-refractivity contribution in [2.24, 2.45) is 5.92 Å². The minimum atomic E-state index is -1.49. The molecule has 76 heavy (non-hydrogen) atoms. The Kier molecular flexibility index (Phi) is 23.6. The number of hydrogen-bond donors (Lipinski definition) is 7. The Bertz CT molecular complexity index is 2530. The average molecular weight is 1090 g/mol. The molecule has 1 fully saturated rings. The van der Waals surface area contributed by atoms with Gasteiger partial charge in [-0.1, -0.05) is 13.8 Å². The highest BCUT2D eigenvalue weighted by molar-refractivity contribution is 8.14. The van der Waals surface area contributed by atoms with Crippen LogP contribution in [-0.2, 0) is 48.7 Å². The monoisotopic (exact) mass is 1090 g/mol. The van der Waals surface area contributed by atoms with Gasteiger partial charge in [-0.3, -0.25) is 24.0 Å². The molecule has 0 aliphatic carbocycles. The number of anilines is 2. The maximum Gasteiger partial charge on any atom is 0.407 e. The highest BCUT2D eigenvalue weighted by Crippen LogP contribution is 2.34. The number of halogens is 2. The van der Waals surface area contributed by atoms with Gasteiger partial charge in [0.05, 0.1) is 65.5 Å². The summed E-state index contributed by atoms with van der Waals surface area (Å²) < 4.78 is 62.7. The van der Waals surface area contributed by atoms with Crippen LogP contribution >= 0.6 is 10.5 Å². The molecule has 22 nitrogen and oxygen atoms in total. The average Bonchev–Trinajstić information content (AvgIpc) is 3.84. The van der Waals surface area contributed by atoms with E-state index in [-0.39, 0.29) is 106 Å². The second-order valence-electron chi connectivity index (χ2n) is 19.2. The third kappa shape index (κ3) is 19.9. The Morgan fingerprint density at radius 3 is 2.30 bits per heavy atom. The number of alkyl carbamates (subject to hydrolysis) is 1. The number of amides is 5. The summed E-state index contributed by atoms with van der Waals surface area (Å²) in [5, 5.41) is 33.9. The van der Waals surface area contributed by atoms with Gasteiger partial charge >= 0.3 is 12.1 Å². The number of carboxylic acid groups (broad SMARTS) is 1. The molecular formula is C51H70F2N8O14S. The van der Waals surface area contributed by atoms with Crippen molar-refractivity contribution in [2.75, 3.05) is 77.5 Å². The number of aliphatic carboxylic acids is 1. The van der Waals surface area contributed by atoms with Gasteiger partial charge in [-0.05, 0) is 88.5 Å². The van der Waals surface area contributed by atoms with Crippen molar-refractivity contribution in [3.63, 3.8) is 0 Å². The van der Waals surface area contributed by atoms with Crippen LogP contribution in [0, 0.1) is 17.6 Å². The molecule has 4 bridgehead atoms. The Hall–Kier alpha value is -6.54. The number of nitrogens with one attached hydrogen (secondary N) is 5. The molecule has 3 aromatic rings. The van der Waals surface area contributed by atoms with Crippen LogP contribution in [0.4, 0.5) is 25.2 Å². The van der Waals surface area contributed by atoms with Gasteiger partial charge in [0.2, 0.25) is 29.6 Å². The molecule has 0 unspecified atom stereocenters. The Labute approximate surface area is 442 Å². The van der Waals surface area contributed by atoms with Gasteiger partial charge < -0.3 is 70.1 Å². The normalized spacial score (nSPS) is 15.9. The first-order valence-corrected chi connectivity index (χ1v) is 26.8. The van der Waals surface area contributed by atoms with Gasteiger partial charge in [0.1, 0.15) is 46.7 Å². The summed E-state index contributed by atoms with van der Waals surface area (Å²) in [6.45, 7) is 10.6. The fourth-order valence-electron chi connectivity index (χ4n) is 7.80. The summed E-state index contributed by atoms with van der Waals surface area (Å²) in [4.78, 5) is 87.5. The standard InChI is InChI=1S/C51H70F2N8O14S/c1-31(2)43(58-45(65)39-10-9-15-61(39)47(67)38(28-42(63)64)57-41(62)13-18-70-20-22-72-23-21-71-19-14-54-49(68)75-51(3,4)5)46(66)60-50(69)76(6)30-32-24-34-27-35(25-32)73-16-7-8-17-74-40-26-33(52)11-12-36(40)44-37(53)29-55-48(56-34)59-44/h11-12,24-27,29,31,38-39,43,69H,7-10,13-23,28,30H2,1-6H3,(H,54,68)(H,57,62)(H,58,65)(H,60,66)(H,63,64)(H,55,56,59)/t38-,39-,43-,76+/m0/s1. The van der Waals surface area contributed by atoms with Crippen molar-refractivity contribution in [3.8, 4) is 22.8 Å². The zero-order valence-electron chi connectivity index (χ0n) is 43.7. The lowest BCUT2D eigenvalue weighted by atomic mass is 10.0. The molecule has 2 aliphatic heterocycles. The van der Waals surface area contributed by atoms with Crippen LogP contribution in [0.25, 0.3) is 11.3 Å². The van der Waals surface area contributed by atoms with Crippen molar-refractivity contribution < 1.29 is 76.2 Å². The number of carbonyl (C=O) groups excluding carboxylic acids is 5. The first kappa shape index (κ1) is 60.3. The molecule has 1 aromatic heterocycles. The lowest BCUT2D eigenvalue weighted by Gasteiger charge is -2.30. The third-order valence-corrected chi connectivity index (χ3v) is 12.9. The quantitative estimate of drug-likeness (QED) is 0.0518. The molecule has 1 saturated heterocycles. The van der Waals surface area contributed by atoms with E-state index in [2.05, 4.69) is 36.6 Å². The topological polar surface area (TPSA) is 287 Å². The predicted molar refractivity (Wildman–Crippen MR) is 277 cm³/mol. The number of rotatable bonds is 22. The Morgan fingerprint density at radius 1 is 0.908 bits per heavy atom. The SMILES string of the molecule is CC(C)[C@H](NC(=O)[C@@H]1CCCN1C(=O)[C@H](CC(=O)O)NC(=O)CCOCCOCCOCCNC(=O)OC(C)(C)C)C(=O)N/C(O)=[S@](\C)Cc1cc2cc(c1)OCCCCOc1cc(F)ccc1-c1nc(ncc1F)N2. The highest BCUT2D eigenvalue weighted by atomic mass is 32.2. The smallest absolute Gasteiger partial charge is 0.407 e. The molecule has 5 amide bonds. The summed E-state index contributed by atoms with van der Waals surface area (Å²) >= 11 is 0. The van der Waals surface area contributed by atoms with E-state index >= 15 is 4.39 Å². The van der Waals surface area contributed by atoms with Crippen LogP contribution < -0.4 is 36.1 Å². The summed E-state index contributed by atoms with van der Waals surface area (Å²) in [5.74, 6) is -5.11. The number of benzene rings is 2. The number of carboxylic acids is 1. The molecule has 2 aliphatic rings. The van der Waals surface area contributed by atoms with Gasteiger partial charge in [0.15, 0.2) is 11.0 Å². The lowest BCUT2D eigenvalue weighted by molar-refractivity contribution is -0.146. The van der Waals surface area contributed by atoms with Gasteiger partial charge in [0, 0.05) is 48.6 Å². The fourth-order valence-corrected chi connectivity index (χ4v) is 8.87. The van der Waals surface area contributed by atoms with E-state index in [0.717, 1.165) is 6.20 Å². The van der Waals surface area contributed by atoms with Crippen molar-refractivity contribution in [2.45, 2.75) is 103 Å². The predicted octanol–water partition coefficient (Wildman–Crippen LogP) is 4.93. The van der Waals surface area contributed by atoms with E-state index in [0.29, 0.717) is 42.9 Å². The summed E-state index contributed by atoms with van der Waals surface area (Å²) in [6.07, 6.45) is 2.93. The molecule has 0 saturated carbocycles. The van der Waals surface area contributed by atoms with Crippen LogP contribution in [0.5, 0.6) is 11.5 Å². The van der Waals surface area contributed by atoms with Crippen LogP contribution in [0.2, 0.25) is 0 Å². The molecular weight excluding hydrogens is 1020 g/mol. The summed E-state index contributed by atoms with van der Waals surface area (Å²) in [6, 6.07) is 5.25. The zero-order chi connectivity index (χ0) is 55.4. The molecule has 2 aromatic carbocycles. The van der Waals surface area contributed by atoms with Gasteiger partial charge in [-0.25, -0.2) is 23.5 Å². The second kappa shape index (κ2) is 29.7. The van der Waals surface area contributed by atoms with E-state index in [1.54, 1.807) is 59.1 Å². The van der Waals surface area contributed by atoms with Crippen molar-refractivity contribution >= 4 is 63.0 Å². The minimum absolute atomic E-state index is 0.0292. The Balaban J connectivity index is 1.13. The second-order valence-corrected chi connectivity index (χ2v) is 21.1. The molecule has 7 N–H and O–H groups in total. The number of fused-ring (bicyclic) bond motifs is 6. The van der Waals surface area contributed by atoms with Crippen molar-refractivity contribution in [1.29, 1.82) is 0 Å². The number of aromatic nitrogens is 2. The van der Waals surface area contributed by atoms with E-state index < -0.39 is 93.9 Å². The van der Waals surface area contributed by atoms with E-state index in [1.807, 2.05) is 0 Å². The van der Waals surface area contributed by atoms with Crippen LogP contribution in [0.15, 0.2) is 42.6 Å². The number of carbonyl (C=O) groups is 6. The van der Waals surface area contributed by atoms with E-state index in [4.69, 9.17) is 28.4 Å². The van der Waals surface area contributed by atoms with Crippen LogP contribution in [0.1, 0.15) is 78.7 Å². The fraction of sp³-hybridized carbons (Fsp3) is 0.549. The number of aliphatic hydroxyl groups is 1. The van der Waals surface area contributed by atoms with Crippen LogP contribution in [0.3, 0.4) is 0 Å². The van der Waals surface area contributed by atoms with Crippen LogP contribution in [-0.4, -0.2) is 162 Å². The number of likely N-dealkylation sites (tertiary alicyclic amines) is 1. The molecule has 3 heterocycles. The number of hydrogen-bond acceptors (Lipinski definition) is 15. The maximum absolute atomic E-state index is 15.1. The summed E-state index contributed by atoms with van der Waals surface area (Å²) in [7, 11) is -1.02. The molecule has 0 radical (unpaired) electrons. The van der Waals surface area contributed by atoms with E-state index in [1.165, 1.54) is 23.1 Å². The maximum atomic E-state index is 15.1. The third-order valence-electron chi connectivity index (χ3n) is 11.4.